The average molecular weight is 319 g/mol. The van der Waals surface area contributed by atoms with E-state index in [1.807, 2.05) is 25.1 Å². The molecule has 0 aliphatic carbocycles. The molecule has 112 valence electrons. The summed E-state index contributed by atoms with van der Waals surface area (Å²) < 4.78 is 24.4. The highest BCUT2D eigenvalue weighted by Gasteiger charge is 2.20. The van der Waals surface area contributed by atoms with Crippen molar-refractivity contribution in [3.63, 3.8) is 0 Å². The van der Waals surface area contributed by atoms with Crippen molar-refractivity contribution >= 4 is 33.2 Å². The average Bonchev–Trinajstić information content (AvgIpc) is 2.39. The lowest BCUT2D eigenvalue weighted by atomic mass is 10.1. The molecule has 0 aliphatic heterocycles. The van der Waals surface area contributed by atoms with E-state index in [4.69, 9.17) is 11.6 Å². The highest BCUT2D eigenvalue weighted by atomic mass is 35.5. The first-order valence-corrected chi connectivity index (χ1v) is 8.42. The number of nitrogens with one attached hydrogen (secondary N) is 1. The van der Waals surface area contributed by atoms with Gasteiger partial charge in [-0.15, -0.1) is 11.6 Å². The number of alkyl halides is 1. The molecule has 0 unspecified atom stereocenters. The van der Waals surface area contributed by atoms with Crippen molar-refractivity contribution < 1.29 is 13.2 Å². The maximum Gasteiger partial charge on any atom is 0.239 e. The molecule has 1 aromatic rings. The molecular weight excluding hydrogens is 300 g/mol. The molecule has 1 amide bonds. The second kappa shape index (κ2) is 7.61. The van der Waals surface area contributed by atoms with Crippen molar-refractivity contribution in [1.82, 2.24) is 4.31 Å². The van der Waals surface area contributed by atoms with Crippen LogP contribution in [-0.2, 0) is 21.2 Å². The molecule has 5 nitrogen and oxygen atoms in total. The molecule has 0 saturated heterocycles. The Balaban J connectivity index is 2.69. The van der Waals surface area contributed by atoms with Gasteiger partial charge in [-0.05, 0) is 18.1 Å². The van der Waals surface area contributed by atoms with Crippen LogP contribution >= 0.6 is 11.6 Å². The largest absolute Gasteiger partial charge is 0.325 e. The Morgan fingerprint density at radius 1 is 1.35 bits per heavy atom. The Kier molecular flexibility index (Phi) is 6.45. The molecule has 0 heterocycles. The summed E-state index contributed by atoms with van der Waals surface area (Å²) in [5.74, 6) is -0.539. The number of carbonyl (C=O) groups is 1. The zero-order valence-corrected chi connectivity index (χ0v) is 13.2. The summed E-state index contributed by atoms with van der Waals surface area (Å²) in [5.41, 5.74) is 1.72. The minimum Gasteiger partial charge on any atom is -0.325 e. The molecule has 7 heteroatoms. The fourth-order valence-electron chi connectivity index (χ4n) is 1.69. The van der Waals surface area contributed by atoms with Gasteiger partial charge in [-0.3, -0.25) is 4.79 Å². The van der Waals surface area contributed by atoms with E-state index < -0.39 is 10.0 Å². The third kappa shape index (κ3) is 4.77. The third-order valence-electron chi connectivity index (χ3n) is 2.85. The summed E-state index contributed by atoms with van der Waals surface area (Å²) in [7, 11) is -2.10. The SMILES string of the molecule is CCc1ccccc1NC(=O)CN(C)S(=O)(=O)CCCl. The second-order valence-corrected chi connectivity index (χ2v) is 6.89. The quantitative estimate of drug-likeness (QED) is 0.778. The summed E-state index contributed by atoms with van der Waals surface area (Å²) in [6, 6.07) is 7.43. The molecule has 0 saturated carbocycles. The predicted molar refractivity (Wildman–Crippen MR) is 81.6 cm³/mol. The van der Waals surface area contributed by atoms with Gasteiger partial charge in [0.15, 0.2) is 0 Å². The van der Waals surface area contributed by atoms with Crippen molar-refractivity contribution in [3.8, 4) is 0 Å². The lowest BCUT2D eigenvalue weighted by molar-refractivity contribution is -0.116. The van der Waals surface area contributed by atoms with Crippen LogP contribution in [0.15, 0.2) is 24.3 Å². The number of amides is 1. The Morgan fingerprint density at radius 3 is 2.60 bits per heavy atom. The van der Waals surface area contributed by atoms with Crippen LogP contribution in [0.3, 0.4) is 0 Å². The number of benzene rings is 1. The normalized spacial score (nSPS) is 11.6. The van der Waals surface area contributed by atoms with Crippen molar-refractivity contribution in [2.24, 2.45) is 0 Å². The molecule has 1 aromatic carbocycles. The molecule has 0 spiro atoms. The number of rotatable bonds is 7. The van der Waals surface area contributed by atoms with Crippen LogP contribution in [-0.4, -0.2) is 43.9 Å². The first-order chi connectivity index (χ1) is 9.40. The van der Waals surface area contributed by atoms with Crippen molar-refractivity contribution in [1.29, 1.82) is 0 Å². The maximum absolute atomic E-state index is 11.9. The molecule has 0 atom stereocenters. The number of halogens is 1. The number of hydrogen-bond donors (Lipinski definition) is 1. The molecule has 0 aromatic heterocycles. The number of sulfonamides is 1. The second-order valence-electron chi connectivity index (χ2n) is 4.32. The van der Waals surface area contributed by atoms with Crippen molar-refractivity contribution in [2.45, 2.75) is 13.3 Å². The van der Waals surface area contributed by atoms with Gasteiger partial charge in [0.05, 0.1) is 12.3 Å². The summed E-state index contributed by atoms with van der Waals surface area (Å²) in [6.45, 7) is 1.76. The van der Waals surface area contributed by atoms with E-state index in [0.29, 0.717) is 5.69 Å². The molecule has 0 fully saturated rings. The predicted octanol–water partition coefficient (Wildman–Crippen LogP) is 1.69. The maximum atomic E-state index is 11.9. The molecular formula is C13H19ClN2O3S. The summed E-state index contributed by atoms with van der Waals surface area (Å²) in [6.07, 6.45) is 0.789. The smallest absolute Gasteiger partial charge is 0.239 e. The lowest BCUT2D eigenvalue weighted by Gasteiger charge is -2.16. The number of hydrogen-bond acceptors (Lipinski definition) is 3. The Labute approximate surface area is 125 Å². The topological polar surface area (TPSA) is 66.5 Å². The lowest BCUT2D eigenvalue weighted by Crippen LogP contribution is -2.36. The Morgan fingerprint density at radius 2 is 2.00 bits per heavy atom. The van der Waals surface area contributed by atoms with Gasteiger partial charge < -0.3 is 5.32 Å². The Bertz CT molecular complexity index is 560. The monoisotopic (exact) mass is 318 g/mol. The van der Waals surface area contributed by atoms with Gasteiger partial charge >= 0.3 is 0 Å². The van der Waals surface area contributed by atoms with E-state index in [9.17, 15) is 13.2 Å². The summed E-state index contributed by atoms with van der Waals surface area (Å²) in [4.78, 5) is 11.9. The molecule has 1 rings (SSSR count). The number of anilines is 1. The van der Waals surface area contributed by atoms with Gasteiger partial charge in [-0.2, -0.15) is 4.31 Å². The highest BCUT2D eigenvalue weighted by molar-refractivity contribution is 7.89. The highest BCUT2D eigenvalue weighted by Crippen LogP contribution is 2.15. The van der Waals surface area contributed by atoms with Crippen LogP contribution in [0.5, 0.6) is 0 Å². The van der Waals surface area contributed by atoms with Crippen LogP contribution < -0.4 is 5.32 Å². The standard InChI is InChI=1S/C13H19ClN2O3S/c1-3-11-6-4-5-7-12(11)15-13(17)10-16(2)20(18,19)9-8-14/h4-7H,3,8-10H2,1-2H3,(H,15,17). The fraction of sp³-hybridized carbons (Fsp3) is 0.462. The van der Waals surface area contributed by atoms with Crippen molar-refractivity contribution in [2.75, 3.05) is 30.5 Å². The van der Waals surface area contributed by atoms with Gasteiger partial charge in [0.25, 0.3) is 0 Å². The van der Waals surface area contributed by atoms with Crippen LogP contribution in [0, 0.1) is 0 Å². The summed E-state index contributed by atoms with van der Waals surface area (Å²) in [5, 5.41) is 2.73. The third-order valence-corrected chi connectivity index (χ3v) is 5.06. The van der Waals surface area contributed by atoms with Gasteiger partial charge in [0, 0.05) is 18.6 Å². The van der Waals surface area contributed by atoms with Crippen LogP contribution in [0.25, 0.3) is 0 Å². The molecule has 1 N–H and O–H groups in total. The first kappa shape index (κ1) is 16.9. The molecule has 0 aliphatic rings. The zero-order valence-electron chi connectivity index (χ0n) is 11.6. The minimum absolute atomic E-state index is 0.00691. The van der Waals surface area contributed by atoms with Gasteiger partial charge in [0.1, 0.15) is 0 Å². The van der Waals surface area contributed by atoms with Crippen LogP contribution in [0.2, 0.25) is 0 Å². The minimum atomic E-state index is -3.47. The van der Waals surface area contributed by atoms with Gasteiger partial charge in [-0.1, -0.05) is 25.1 Å². The van der Waals surface area contributed by atoms with E-state index in [-0.39, 0.29) is 24.1 Å². The van der Waals surface area contributed by atoms with E-state index in [1.54, 1.807) is 6.07 Å². The van der Waals surface area contributed by atoms with Crippen molar-refractivity contribution in [3.05, 3.63) is 29.8 Å². The molecule has 20 heavy (non-hydrogen) atoms. The number of aryl methyl sites for hydroxylation is 1. The molecule has 0 radical (unpaired) electrons. The Hall–Kier alpha value is -1.11. The van der Waals surface area contributed by atoms with E-state index in [1.165, 1.54) is 7.05 Å². The number of para-hydroxylation sites is 1. The van der Waals surface area contributed by atoms with E-state index >= 15 is 0 Å². The molecule has 0 bridgehead atoms. The van der Waals surface area contributed by atoms with Gasteiger partial charge in [0.2, 0.25) is 15.9 Å². The number of nitrogens with zero attached hydrogens (tertiary/aromatic N) is 1. The summed E-state index contributed by atoms with van der Waals surface area (Å²) >= 11 is 5.43. The van der Waals surface area contributed by atoms with E-state index in [2.05, 4.69) is 5.32 Å². The van der Waals surface area contributed by atoms with Crippen LogP contribution in [0.1, 0.15) is 12.5 Å². The van der Waals surface area contributed by atoms with E-state index in [0.717, 1.165) is 16.3 Å². The number of likely N-dealkylation sites (N-methyl/N-ethyl adjacent to an activating group) is 1. The van der Waals surface area contributed by atoms with Gasteiger partial charge in [-0.25, -0.2) is 8.42 Å². The zero-order chi connectivity index (χ0) is 15.2. The first-order valence-electron chi connectivity index (χ1n) is 6.28. The fourth-order valence-corrected chi connectivity index (χ4v) is 3.10. The van der Waals surface area contributed by atoms with Crippen LogP contribution in [0.4, 0.5) is 5.69 Å². The number of carbonyl (C=O) groups excluding carboxylic acids is 1.